The van der Waals surface area contributed by atoms with Gasteiger partial charge < -0.3 is 10.4 Å². The van der Waals surface area contributed by atoms with E-state index in [1.807, 2.05) is 0 Å². The standard InChI is InChI=1S/C11H24N2O/c1-9(2)13(6-7-14)8-11-10(3)4-5-12-11/h9-12,14H,4-8H2,1-3H3. The quantitative estimate of drug-likeness (QED) is 0.685. The van der Waals surface area contributed by atoms with Gasteiger partial charge in [0.25, 0.3) is 0 Å². The monoisotopic (exact) mass is 200 g/mol. The molecule has 1 aliphatic heterocycles. The van der Waals surface area contributed by atoms with Gasteiger partial charge in [-0.25, -0.2) is 0 Å². The Bertz CT molecular complexity index is 161. The Hall–Kier alpha value is -0.120. The third-order valence-electron chi connectivity index (χ3n) is 3.24. The van der Waals surface area contributed by atoms with Gasteiger partial charge in [0.15, 0.2) is 0 Å². The van der Waals surface area contributed by atoms with Crippen molar-refractivity contribution >= 4 is 0 Å². The van der Waals surface area contributed by atoms with Gasteiger partial charge in [0.2, 0.25) is 0 Å². The molecule has 1 heterocycles. The number of rotatable bonds is 5. The first-order valence-corrected chi connectivity index (χ1v) is 5.73. The van der Waals surface area contributed by atoms with E-state index in [2.05, 4.69) is 31.0 Å². The Morgan fingerprint density at radius 1 is 1.50 bits per heavy atom. The van der Waals surface area contributed by atoms with Crippen molar-refractivity contribution in [1.29, 1.82) is 0 Å². The van der Waals surface area contributed by atoms with Crippen molar-refractivity contribution in [3.63, 3.8) is 0 Å². The van der Waals surface area contributed by atoms with E-state index in [-0.39, 0.29) is 6.61 Å². The molecule has 0 saturated carbocycles. The van der Waals surface area contributed by atoms with Gasteiger partial charge in [-0.1, -0.05) is 6.92 Å². The summed E-state index contributed by atoms with van der Waals surface area (Å²) in [5.41, 5.74) is 0. The number of nitrogens with zero attached hydrogens (tertiary/aromatic N) is 1. The lowest BCUT2D eigenvalue weighted by atomic mass is 10.0. The first-order chi connectivity index (χ1) is 6.65. The van der Waals surface area contributed by atoms with Crippen molar-refractivity contribution in [3.05, 3.63) is 0 Å². The van der Waals surface area contributed by atoms with Gasteiger partial charge >= 0.3 is 0 Å². The Labute approximate surface area is 87.5 Å². The first kappa shape index (κ1) is 12.0. The van der Waals surface area contributed by atoms with E-state index in [4.69, 9.17) is 5.11 Å². The fourth-order valence-corrected chi connectivity index (χ4v) is 2.08. The molecule has 14 heavy (non-hydrogen) atoms. The summed E-state index contributed by atoms with van der Waals surface area (Å²) in [6, 6.07) is 1.14. The Morgan fingerprint density at radius 2 is 2.21 bits per heavy atom. The highest BCUT2D eigenvalue weighted by atomic mass is 16.3. The first-order valence-electron chi connectivity index (χ1n) is 5.73. The summed E-state index contributed by atoms with van der Waals surface area (Å²) in [5.74, 6) is 0.773. The molecule has 0 aromatic heterocycles. The molecule has 0 amide bonds. The van der Waals surface area contributed by atoms with Gasteiger partial charge in [-0.2, -0.15) is 0 Å². The van der Waals surface area contributed by atoms with Gasteiger partial charge in [-0.3, -0.25) is 4.90 Å². The average molecular weight is 200 g/mol. The van der Waals surface area contributed by atoms with Crippen molar-refractivity contribution in [2.45, 2.75) is 39.3 Å². The molecule has 0 aromatic rings. The maximum atomic E-state index is 8.96. The number of aliphatic hydroxyl groups excluding tert-OH is 1. The predicted molar refractivity (Wildman–Crippen MR) is 59.4 cm³/mol. The summed E-state index contributed by atoms with van der Waals surface area (Å²) in [4.78, 5) is 2.35. The van der Waals surface area contributed by atoms with E-state index in [1.165, 1.54) is 6.42 Å². The molecule has 0 bridgehead atoms. The zero-order valence-electron chi connectivity index (χ0n) is 9.66. The maximum absolute atomic E-state index is 8.96. The van der Waals surface area contributed by atoms with E-state index < -0.39 is 0 Å². The van der Waals surface area contributed by atoms with E-state index in [0.717, 1.165) is 25.6 Å². The molecule has 2 unspecified atom stereocenters. The Kier molecular flexibility index (Phi) is 4.85. The van der Waals surface area contributed by atoms with Gasteiger partial charge in [0, 0.05) is 25.2 Å². The zero-order chi connectivity index (χ0) is 10.6. The van der Waals surface area contributed by atoms with Crippen LogP contribution in [-0.2, 0) is 0 Å². The fourth-order valence-electron chi connectivity index (χ4n) is 2.08. The van der Waals surface area contributed by atoms with Crippen LogP contribution in [0.25, 0.3) is 0 Å². The molecule has 1 rings (SSSR count). The number of hydrogen-bond acceptors (Lipinski definition) is 3. The molecule has 3 nitrogen and oxygen atoms in total. The second-order valence-corrected chi connectivity index (χ2v) is 4.64. The molecule has 1 saturated heterocycles. The van der Waals surface area contributed by atoms with Gasteiger partial charge in [0.1, 0.15) is 0 Å². The van der Waals surface area contributed by atoms with E-state index in [1.54, 1.807) is 0 Å². The lowest BCUT2D eigenvalue weighted by Crippen LogP contribution is -2.44. The minimum absolute atomic E-state index is 0.263. The average Bonchev–Trinajstić information content (AvgIpc) is 2.51. The molecule has 1 aliphatic rings. The van der Waals surface area contributed by atoms with Crippen LogP contribution in [0, 0.1) is 5.92 Å². The molecule has 2 atom stereocenters. The number of hydrogen-bond donors (Lipinski definition) is 2. The molecule has 1 fully saturated rings. The third-order valence-corrected chi connectivity index (χ3v) is 3.24. The highest BCUT2D eigenvalue weighted by Gasteiger charge is 2.25. The minimum atomic E-state index is 0.263. The van der Waals surface area contributed by atoms with Crippen LogP contribution in [0.3, 0.4) is 0 Å². The Balaban J connectivity index is 2.37. The summed E-state index contributed by atoms with van der Waals surface area (Å²) in [6.45, 7) is 9.96. The van der Waals surface area contributed by atoms with Crippen molar-refractivity contribution in [2.24, 2.45) is 5.92 Å². The number of nitrogens with one attached hydrogen (secondary N) is 1. The largest absolute Gasteiger partial charge is 0.395 e. The van der Waals surface area contributed by atoms with Crippen molar-refractivity contribution < 1.29 is 5.11 Å². The van der Waals surface area contributed by atoms with Crippen LogP contribution in [0.15, 0.2) is 0 Å². The summed E-state index contributed by atoms with van der Waals surface area (Å²) in [6.07, 6.45) is 1.29. The summed E-state index contributed by atoms with van der Waals surface area (Å²) < 4.78 is 0. The van der Waals surface area contributed by atoms with Crippen LogP contribution in [0.1, 0.15) is 27.2 Å². The molecular formula is C11H24N2O. The van der Waals surface area contributed by atoms with E-state index in [9.17, 15) is 0 Å². The van der Waals surface area contributed by atoms with Crippen LogP contribution >= 0.6 is 0 Å². The molecular weight excluding hydrogens is 176 g/mol. The third kappa shape index (κ3) is 3.23. The second kappa shape index (κ2) is 5.69. The Morgan fingerprint density at radius 3 is 2.64 bits per heavy atom. The van der Waals surface area contributed by atoms with Crippen LogP contribution < -0.4 is 5.32 Å². The van der Waals surface area contributed by atoms with Crippen molar-refractivity contribution in [2.75, 3.05) is 26.2 Å². The van der Waals surface area contributed by atoms with Crippen LogP contribution in [0.4, 0.5) is 0 Å². The van der Waals surface area contributed by atoms with Crippen molar-refractivity contribution in [3.8, 4) is 0 Å². The molecule has 2 N–H and O–H groups in total. The van der Waals surface area contributed by atoms with Crippen LogP contribution in [-0.4, -0.2) is 48.3 Å². The molecule has 3 heteroatoms. The SMILES string of the molecule is CC1CCNC1CN(CCO)C(C)C. The smallest absolute Gasteiger partial charge is 0.0558 e. The summed E-state index contributed by atoms with van der Waals surface area (Å²) in [5, 5.41) is 12.5. The fraction of sp³-hybridized carbons (Fsp3) is 1.00. The van der Waals surface area contributed by atoms with E-state index >= 15 is 0 Å². The maximum Gasteiger partial charge on any atom is 0.0558 e. The van der Waals surface area contributed by atoms with Crippen LogP contribution in [0.5, 0.6) is 0 Å². The molecule has 0 aliphatic carbocycles. The van der Waals surface area contributed by atoms with Gasteiger partial charge in [0.05, 0.1) is 6.61 Å². The lowest BCUT2D eigenvalue weighted by Gasteiger charge is -2.30. The summed E-state index contributed by atoms with van der Waals surface area (Å²) in [7, 11) is 0. The predicted octanol–water partition coefficient (Wildman–Crippen LogP) is 0.687. The topological polar surface area (TPSA) is 35.5 Å². The number of aliphatic hydroxyl groups is 1. The molecule has 0 spiro atoms. The summed E-state index contributed by atoms with van der Waals surface area (Å²) >= 11 is 0. The molecule has 84 valence electrons. The lowest BCUT2D eigenvalue weighted by molar-refractivity contribution is 0.148. The van der Waals surface area contributed by atoms with Gasteiger partial charge in [-0.05, 0) is 32.7 Å². The highest BCUT2D eigenvalue weighted by Crippen LogP contribution is 2.16. The second-order valence-electron chi connectivity index (χ2n) is 4.64. The zero-order valence-corrected chi connectivity index (χ0v) is 9.66. The van der Waals surface area contributed by atoms with Gasteiger partial charge in [-0.15, -0.1) is 0 Å². The van der Waals surface area contributed by atoms with E-state index in [0.29, 0.717) is 12.1 Å². The minimum Gasteiger partial charge on any atom is -0.395 e. The van der Waals surface area contributed by atoms with Crippen LogP contribution in [0.2, 0.25) is 0 Å². The molecule has 0 radical (unpaired) electrons. The normalized spacial score (nSPS) is 27.9. The van der Waals surface area contributed by atoms with Crippen molar-refractivity contribution in [1.82, 2.24) is 10.2 Å². The highest BCUT2D eigenvalue weighted by molar-refractivity contribution is 4.84. The molecule has 0 aromatic carbocycles.